The Labute approximate surface area is 416 Å². The summed E-state index contributed by atoms with van der Waals surface area (Å²) in [5.74, 6) is -1.45. The third kappa shape index (κ3) is 13.1. The Balaban J connectivity index is 0.984. The molecule has 0 spiro atoms. The zero-order valence-electron chi connectivity index (χ0n) is 43.5. The van der Waals surface area contributed by atoms with Gasteiger partial charge in [-0.3, -0.25) is 28.8 Å². The minimum atomic E-state index is -0.792. The zero-order valence-corrected chi connectivity index (χ0v) is 43.5. The van der Waals surface area contributed by atoms with Gasteiger partial charge in [-0.05, 0) is 99.6 Å². The number of carbonyl (C=O) groups is 6. The molecule has 2 heterocycles. The first-order valence-corrected chi connectivity index (χ1v) is 25.8. The first kappa shape index (κ1) is 54.4. The van der Waals surface area contributed by atoms with E-state index < -0.39 is 47.1 Å². The number of ether oxygens (including phenoxy) is 2. The molecule has 2 aliphatic heterocycles. The quantitative estimate of drug-likeness (QED) is 0.0976. The van der Waals surface area contributed by atoms with Crippen molar-refractivity contribution in [2.45, 2.75) is 180 Å². The molecule has 2 aromatic rings. The van der Waals surface area contributed by atoms with E-state index in [1.54, 1.807) is 37.7 Å². The van der Waals surface area contributed by atoms with E-state index in [0.717, 1.165) is 47.9 Å². The van der Waals surface area contributed by atoms with Gasteiger partial charge < -0.3 is 51.2 Å². The minimum Gasteiger partial charge on any atom is -0.375 e. The lowest BCUT2D eigenvalue weighted by molar-refractivity contribution is -0.144. The van der Waals surface area contributed by atoms with E-state index in [-0.39, 0.29) is 59.7 Å². The molecule has 4 aliphatic rings. The van der Waals surface area contributed by atoms with Gasteiger partial charge in [0.25, 0.3) is 0 Å². The average molecular weight is 971 g/mol. The number of benzene rings is 2. The van der Waals surface area contributed by atoms with Gasteiger partial charge in [-0.1, -0.05) is 103 Å². The fourth-order valence-electron chi connectivity index (χ4n) is 10.3. The molecule has 2 aromatic carbocycles. The van der Waals surface area contributed by atoms with Gasteiger partial charge in [-0.2, -0.15) is 0 Å². The van der Waals surface area contributed by atoms with Gasteiger partial charge >= 0.3 is 0 Å². The Hall–Kier alpha value is -4.90. The monoisotopic (exact) mass is 971 g/mol. The van der Waals surface area contributed by atoms with E-state index >= 15 is 0 Å². The summed E-state index contributed by atoms with van der Waals surface area (Å²) in [6, 6.07) is 11.7. The van der Waals surface area contributed by atoms with Gasteiger partial charge in [-0.15, -0.1) is 0 Å². The summed E-state index contributed by atoms with van der Waals surface area (Å²) in [5, 5.41) is 18.3. The number of nitrogens with one attached hydrogen (secondary N) is 6. The number of carbonyl (C=O) groups excluding carboxylic acids is 6. The van der Waals surface area contributed by atoms with Gasteiger partial charge in [0.1, 0.15) is 24.2 Å². The molecule has 386 valence electrons. The van der Waals surface area contributed by atoms with Crippen LogP contribution in [-0.2, 0) is 51.1 Å². The Morgan fingerprint density at radius 3 is 1.31 bits per heavy atom. The Bertz CT molecular complexity index is 2010. The average Bonchev–Trinajstić information content (AvgIpc) is 4.15. The summed E-state index contributed by atoms with van der Waals surface area (Å²) in [4.78, 5) is 85.5. The molecule has 16 nitrogen and oxygen atoms in total. The zero-order chi connectivity index (χ0) is 50.9. The molecule has 2 fully saturated rings. The molecule has 0 aromatic heterocycles. The molecule has 2 saturated heterocycles. The third-order valence-electron chi connectivity index (χ3n) is 14.8. The highest BCUT2D eigenvalue weighted by atomic mass is 16.5. The van der Waals surface area contributed by atoms with Crippen molar-refractivity contribution < 1.29 is 38.2 Å². The Morgan fingerprint density at radius 2 is 0.957 bits per heavy atom. The first-order chi connectivity index (χ1) is 33.2. The Morgan fingerprint density at radius 1 is 0.586 bits per heavy atom. The van der Waals surface area contributed by atoms with Crippen molar-refractivity contribution >= 4 is 35.4 Å². The highest BCUT2D eigenvalue weighted by Gasteiger charge is 2.46. The van der Waals surface area contributed by atoms with Crippen LogP contribution in [0.2, 0.25) is 0 Å². The molecule has 0 bridgehead atoms. The highest BCUT2D eigenvalue weighted by molar-refractivity contribution is 5.95. The van der Waals surface area contributed by atoms with Crippen LogP contribution in [0, 0.1) is 10.8 Å². The second-order valence-electron chi connectivity index (χ2n) is 22.0. The lowest BCUT2D eigenvalue weighted by atomic mass is 9.85. The summed E-state index contributed by atoms with van der Waals surface area (Å²) in [6.45, 7) is 17.0. The van der Waals surface area contributed by atoms with Gasteiger partial charge in [-0.25, -0.2) is 0 Å². The molecular formula is C54H82N8O8. The fourth-order valence-corrected chi connectivity index (χ4v) is 10.3. The number of likely N-dealkylation sites (tertiary alicyclic amines) is 2. The van der Waals surface area contributed by atoms with Crippen LogP contribution < -0.4 is 31.9 Å². The van der Waals surface area contributed by atoms with Crippen LogP contribution in [0.5, 0.6) is 0 Å². The van der Waals surface area contributed by atoms with Gasteiger partial charge in [0.05, 0.1) is 36.4 Å². The van der Waals surface area contributed by atoms with Crippen LogP contribution in [0.4, 0.5) is 0 Å². The van der Waals surface area contributed by atoms with Crippen LogP contribution in [0.1, 0.15) is 141 Å². The summed E-state index contributed by atoms with van der Waals surface area (Å²) < 4.78 is 13.1. The molecule has 70 heavy (non-hydrogen) atoms. The van der Waals surface area contributed by atoms with Crippen molar-refractivity contribution in [2.24, 2.45) is 10.8 Å². The second-order valence-corrected chi connectivity index (χ2v) is 22.0. The number of likely N-dealkylation sites (N-methyl/N-ethyl adjacent to an activating group) is 2. The highest BCUT2D eigenvalue weighted by Crippen LogP contribution is 2.36. The molecule has 6 amide bonds. The topological polar surface area (TPSA) is 200 Å². The molecular weight excluding hydrogens is 889 g/mol. The lowest BCUT2D eigenvalue weighted by Crippen LogP contribution is -2.59. The maximum absolute atomic E-state index is 14.1. The maximum Gasteiger partial charge on any atom is 0.246 e. The number of rotatable bonds is 21. The number of unbranched alkanes of at least 4 members (excludes halogenated alkanes) is 3. The van der Waals surface area contributed by atoms with Crippen molar-refractivity contribution in [1.29, 1.82) is 0 Å². The lowest BCUT2D eigenvalue weighted by Gasteiger charge is -2.36. The molecule has 0 saturated carbocycles. The van der Waals surface area contributed by atoms with Crippen LogP contribution in [0.3, 0.4) is 0 Å². The predicted molar refractivity (Wildman–Crippen MR) is 269 cm³/mol. The van der Waals surface area contributed by atoms with Gasteiger partial charge in [0, 0.05) is 39.1 Å². The number of amides is 6. The van der Waals surface area contributed by atoms with Crippen molar-refractivity contribution in [3.8, 4) is 0 Å². The third-order valence-corrected chi connectivity index (χ3v) is 14.8. The van der Waals surface area contributed by atoms with Crippen molar-refractivity contribution in [3.05, 3.63) is 70.8 Å². The van der Waals surface area contributed by atoms with E-state index in [4.69, 9.17) is 9.47 Å². The number of hydrogen-bond acceptors (Lipinski definition) is 10. The number of fused-ring (bicyclic) bond motifs is 2. The van der Waals surface area contributed by atoms with Gasteiger partial charge in [0.15, 0.2) is 0 Å². The first-order valence-electron chi connectivity index (χ1n) is 25.8. The molecule has 0 radical (unpaired) electrons. The van der Waals surface area contributed by atoms with Crippen molar-refractivity contribution in [2.75, 3.05) is 40.4 Å². The van der Waals surface area contributed by atoms with Crippen LogP contribution in [-0.4, -0.2) is 134 Å². The summed E-state index contributed by atoms with van der Waals surface area (Å²) in [5.41, 5.74) is 3.19. The van der Waals surface area contributed by atoms with E-state index in [1.807, 2.05) is 77.9 Å². The van der Waals surface area contributed by atoms with E-state index in [1.165, 1.54) is 0 Å². The summed E-state index contributed by atoms with van der Waals surface area (Å²) in [7, 11) is 3.40. The molecule has 10 unspecified atom stereocenters. The standard InChI is InChI=1S/C54H82N8O8/c1-33(55-9)47(63)59-45(53(3,4)5)51(67)61-27-19-25-39(61)49(65)57-43-37-23-15-13-21-35(37)31-41(43)69-29-17-11-12-18-30-70-42-32-36-22-14-16-24-38(36)44(42)58-50(66)40-26-20-28-62(40)52(68)46(54(6,7)8)60-48(64)34(2)56-10/h13-16,21-24,33-34,39-46,55-56H,11-12,17-20,25-32H2,1-10H3,(H,57,65)(H,58,66)(H,59,63)(H,60,64). The maximum atomic E-state index is 14.1. The summed E-state index contributed by atoms with van der Waals surface area (Å²) >= 11 is 0. The molecule has 6 N–H and O–H groups in total. The largest absolute Gasteiger partial charge is 0.375 e. The van der Waals surface area contributed by atoms with Crippen LogP contribution in [0.25, 0.3) is 0 Å². The molecule has 2 aliphatic carbocycles. The Kier molecular flexibility index (Phi) is 18.7. The molecule has 16 heteroatoms. The normalized spacial score (nSPS) is 23.7. The van der Waals surface area contributed by atoms with E-state index in [0.29, 0.717) is 64.8 Å². The molecule has 6 rings (SSSR count). The van der Waals surface area contributed by atoms with E-state index in [9.17, 15) is 28.8 Å². The minimum absolute atomic E-state index is 0.210. The van der Waals surface area contributed by atoms with Crippen LogP contribution >= 0.6 is 0 Å². The van der Waals surface area contributed by atoms with Gasteiger partial charge in [0.2, 0.25) is 35.4 Å². The van der Waals surface area contributed by atoms with Crippen molar-refractivity contribution in [1.82, 2.24) is 41.7 Å². The van der Waals surface area contributed by atoms with E-state index in [2.05, 4.69) is 44.0 Å². The SMILES string of the molecule is CNC(C)C(=O)NC(C(=O)N1CCCC1C(=O)NC1c2ccccc2CC1OCCCCCCOC1Cc2ccccc2C1NC(=O)C1CCCN1C(=O)C(NC(=O)C(C)NC)C(C)(C)C)C(C)(C)C. The van der Waals surface area contributed by atoms with Crippen LogP contribution in [0.15, 0.2) is 48.5 Å². The fraction of sp³-hybridized carbons (Fsp3) is 0.667. The molecule has 10 atom stereocenters. The summed E-state index contributed by atoms with van der Waals surface area (Å²) in [6.07, 6.45) is 6.85. The number of nitrogens with zero attached hydrogens (tertiary/aromatic N) is 2. The predicted octanol–water partition coefficient (Wildman–Crippen LogP) is 4.40. The number of hydrogen-bond donors (Lipinski definition) is 6. The second kappa shape index (κ2) is 24.0. The van der Waals surface area contributed by atoms with Crippen molar-refractivity contribution in [3.63, 3.8) is 0 Å². The smallest absolute Gasteiger partial charge is 0.246 e.